The summed E-state index contributed by atoms with van der Waals surface area (Å²) in [7, 11) is 1.55. The third-order valence-electron chi connectivity index (χ3n) is 5.36. The van der Waals surface area contributed by atoms with Gasteiger partial charge in [0.15, 0.2) is 17.2 Å². The number of piperazine rings is 1. The highest BCUT2D eigenvalue weighted by atomic mass is 35.5. The van der Waals surface area contributed by atoms with Crippen LogP contribution in [0.4, 0.5) is 5.69 Å². The van der Waals surface area contributed by atoms with E-state index in [4.69, 9.17) is 20.8 Å². The maximum Gasteiger partial charge on any atom is 0.277 e. The van der Waals surface area contributed by atoms with Crippen molar-refractivity contribution < 1.29 is 19.1 Å². The third-order valence-corrected chi connectivity index (χ3v) is 5.61. The lowest BCUT2D eigenvalue weighted by Crippen LogP contribution is -2.45. The van der Waals surface area contributed by atoms with Crippen LogP contribution in [0.2, 0.25) is 5.02 Å². The van der Waals surface area contributed by atoms with Crippen molar-refractivity contribution in [1.29, 1.82) is 0 Å². The predicted octanol–water partition coefficient (Wildman–Crippen LogP) is 3.61. The number of ether oxygens (including phenoxy) is 1. The molecule has 1 fully saturated rings. The summed E-state index contributed by atoms with van der Waals surface area (Å²) < 4.78 is 10.7. The van der Waals surface area contributed by atoms with Gasteiger partial charge in [-0.1, -0.05) is 17.7 Å². The summed E-state index contributed by atoms with van der Waals surface area (Å²) in [5.74, 6) is 0.827. The smallest absolute Gasteiger partial charge is 0.277 e. The predicted molar refractivity (Wildman–Crippen MR) is 121 cm³/mol. The molecule has 1 saturated heterocycles. The van der Waals surface area contributed by atoms with Crippen LogP contribution in [0.1, 0.15) is 21.9 Å². The van der Waals surface area contributed by atoms with Crippen LogP contribution in [-0.4, -0.2) is 59.1 Å². The van der Waals surface area contributed by atoms with Gasteiger partial charge in [0.1, 0.15) is 6.26 Å². The Kier molecular flexibility index (Phi) is 6.94. The molecule has 168 valence electrons. The number of phenols is 1. The standard InChI is InChI=1S/C23H25ClN4O4/c1-31-21-12-16(2-7-20(21)29)13-27-8-10-28(11-9-27)14-22-26-19(15-32-22)23(30)25-18-5-3-17(24)4-6-18/h2-7,12,15,29H,8-11,13-14H2,1H3,(H,25,30). The second-order valence-corrected chi connectivity index (χ2v) is 8.08. The second kappa shape index (κ2) is 10.0. The number of amides is 1. The molecular formula is C23H25ClN4O4. The fourth-order valence-corrected chi connectivity index (χ4v) is 3.72. The van der Waals surface area contributed by atoms with Crippen LogP contribution in [0.3, 0.4) is 0 Å². The van der Waals surface area contributed by atoms with Crippen LogP contribution >= 0.6 is 11.6 Å². The molecule has 1 aliphatic heterocycles. The van der Waals surface area contributed by atoms with Crippen LogP contribution in [0.15, 0.2) is 53.1 Å². The lowest BCUT2D eigenvalue weighted by Gasteiger charge is -2.34. The molecule has 32 heavy (non-hydrogen) atoms. The van der Waals surface area contributed by atoms with Crippen molar-refractivity contribution >= 4 is 23.2 Å². The topological polar surface area (TPSA) is 91.1 Å². The average molecular weight is 457 g/mol. The van der Waals surface area contributed by atoms with Gasteiger partial charge in [-0.05, 0) is 42.0 Å². The zero-order valence-corrected chi connectivity index (χ0v) is 18.5. The molecule has 1 aromatic heterocycles. The van der Waals surface area contributed by atoms with Gasteiger partial charge in [-0.2, -0.15) is 0 Å². The number of aromatic hydroxyl groups is 1. The molecule has 0 spiro atoms. The minimum Gasteiger partial charge on any atom is -0.504 e. The van der Waals surface area contributed by atoms with Gasteiger partial charge in [-0.15, -0.1) is 0 Å². The van der Waals surface area contributed by atoms with Crippen molar-refractivity contribution in [3.63, 3.8) is 0 Å². The third kappa shape index (κ3) is 5.59. The summed E-state index contributed by atoms with van der Waals surface area (Å²) in [6, 6.07) is 12.3. The van der Waals surface area contributed by atoms with Gasteiger partial charge in [0.2, 0.25) is 5.89 Å². The average Bonchev–Trinajstić information content (AvgIpc) is 3.26. The van der Waals surface area contributed by atoms with Gasteiger partial charge in [0, 0.05) is 43.4 Å². The van der Waals surface area contributed by atoms with Crippen molar-refractivity contribution in [3.8, 4) is 11.5 Å². The number of nitrogens with one attached hydrogen (secondary N) is 1. The van der Waals surface area contributed by atoms with Gasteiger partial charge in [0.25, 0.3) is 5.91 Å². The van der Waals surface area contributed by atoms with E-state index in [0.29, 0.717) is 28.9 Å². The Morgan fingerprint density at radius 3 is 2.50 bits per heavy atom. The minimum atomic E-state index is -0.323. The van der Waals surface area contributed by atoms with Crippen LogP contribution in [0.5, 0.6) is 11.5 Å². The Hall–Kier alpha value is -3.07. The fraction of sp³-hybridized carbons (Fsp3) is 0.304. The molecule has 0 atom stereocenters. The normalized spacial score (nSPS) is 14.9. The lowest BCUT2D eigenvalue weighted by molar-refractivity contribution is 0.102. The van der Waals surface area contributed by atoms with E-state index in [2.05, 4.69) is 20.1 Å². The number of carbonyl (C=O) groups is 1. The number of hydrogen-bond acceptors (Lipinski definition) is 7. The number of carbonyl (C=O) groups excluding carboxylic acids is 1. The number of methoxy groups -OCH3 is 1. The number of aromatic nitrogens is 1. The van der Waals surface area contributed by atoms with Crippen LogP contribution in [-0.2, 0) is 13.1 Å². The SMILES string of the molecule is COc1cc(CN2CCN(Cc3nc(C(=O)Nc4ccc(Cl)cc4)co3)CC2)ccc1O. The zero-order chi connectivity index (χ0) is 22.5. The summed E-state index contributed by atoms with van der Waals surface area (Å²) in [6.07, 6.45) is 1.38. The molecule has 4 rings (SSSR count). The van der Waals surface area contributed by atoms with E-state index < -0.39 is 0 Å². The van der Waals surface area contributed by atoms with Crippen molar-refractivity contribution in [2.45, 2.75) is 13.1 Å². The number of halogens is 1. The highest BCUT2D eigenvalue weighted by Crippen LogP contribution is 2.27. The maximum absolute atomic E-state index is 12.4. The van der Waals surface area contributed by atoms with Crippen molar-refractivity contribution in [3.05, 3.63) is 70.9 Å². The fourth-order valence-electron chi connectivity index (χ4n) is 3.59. The number of benzene rings is 2. The first-order valence-electron chi connectivity index (χ1n) is 10.3. The van der Waals surface area contributed by atoms with Gasteiger partial charge >= 0.3 is 0 Å². The summed E-state index contributed by atoms with van der Waals surface area (Å²) in [4.78, 5) is 21.3. The Morgan fingerprint density at radius 1 is 1.12 bits per heavy atom. The van der Waals surface area contributed by atoms with Gasteiger partial charge in [0.05, 0.1) is 13.7 Å². The van der Waals surface area contributed by atoms with E-state index in [1.807, 2.05) is 12.1 Å². The van der Waals surface area contributed by atoms with E-state index in [-0.39, 0.29) is 17.4 Å². The molecule has 0 aliphatic carbocycles. The molecule has 9 heteroatoms. The molecule has 0 radical (unpaired) electrons. The Labute approximate surface area is 191 Å². The molecule has 2 heterocycles. The molecular weight excluding hydrogens is 432 g/mol. The van der Waals surface area contributed by atoms with Crippen molar-refractivity contribution in [2.75, 3.05) is 38.6 Å². The molecule has 1 amide bonds. The second-order valence-electron chi connectivity index (χ2n) is 7.65. The highest BCUT2D eigenvalue weighted by molar-refractivity contribution is 6.30. The first-order valence-corrected chi connectivity index (χ1v) is 10.7. The van der Waals surface area contributed by atoms with E-state index in [0.717, 1.165) is 38.3 Å². The monoisotopic (exact) mass is 456 g/mol. The van der Waals surface area contributed by atoms with Gasteiger partial charge in [-0.25, -0.2) is 4.98 Å². The van der Waals surface area contributed by atoms with Crippen LogP contribution < -0.4 is 10.1 Å². The van der Waals surface area contributed by atoms with E-state index in [1.165, 1.54) is 6.26 Å². The summed E-state index contributed by atoms with van der Waals surface area (Å²) in [5.41, 5.74) is 1.98. The van der Waals surface area contributed by atoms with Crippen LogP contribution in [0, 0.1) is 0 Å². The Balaban J connectivity index is 1.26. The minimum absolute atomic E-state index is 0.147. The largest absolute Gasteiger partial charge is 0.504 e. The van der Waals surface area contributed by atoms with Gasteiger partial charge in [-0.3, -0.25) is 14.6 Å². The number of nitrogens with zero attached hydrogens (tertiary/aromatic N) is 3. The summed E-state index contributed by atoms with van der Waals surface area (Å²) in [6.45, 7) is 4.86. The van der Waals surface area contributed by atoms with Crippen molar-refractivity contribution in [1.82, 2.24) is 14.8 Å². The first kappa shape index (κ1) is 22.1. The highest BCUT2D eigenvalue weighted by Gasteiger charge is 2.20. The summed E-state index contributed by atoms with van der Waals surface area (Å²) in [5, 5.41) is 13.1. The lowest BCUT2D eigenvalue weighted by atomic mass is 10.1. The van der Waals surface area contributed by atoms with Crippen molar-refractivity contribution in [2.24, 2.45) is 0 Å². The molecule has 0 saturated carbocycles. The molecule has 8 nitrogen and oxygen atoms in total. The molecule has 1 aliphatic rings. The number of anilines is 1. The Morgan fingerprint density at radius 2 is 1.81 bits per heavy atom. The molecule has 0 bridgehead atoms. The zero-order valence-electron chi connectivity index (χ0n) is 17.8. The van der Waals surface area contributed by atoms with E-state index in [9.17, 15) is 9.90 Å². The molecule has 0 unspecified atom stereocenters. The van der Waals surface area contributed by atoms with E-state index in [1.54, 1.807) is 37.4 Å². The molecule has 2 N–H and O–H groups in total. The van der Waals surface area contributed by atoms with Gasteiger partial charge < -0.3 is 19.6 Å². The number of phenolic OH excluding ortho intramolecular Hbond substituents is 1. The quantitative estimate of drug-likeness (QED) is 0.561. The first-order chi connectivity index (χ1) is 15.5. The summed E-state index contributed by atoms with van der Waals surface area (Å²) >= 11 is 5.87. The van der Waals surface area contributed by atoms with Crippen LogP contribution in [0.25, 0.3) is 0 Å². The maximum atomic E-state index is 12.4. The molecule has 3 aromatic rings. The number of hydrogen-bond donors (Lipinski definition) is 2. The molecule has 2 aromatic carbocycles. The number of rotatable bonds is 7. The van der Waals surface area contributed by atoms with E-state index >= 15 is 0 Å². The number of oxazole rings is 1. The Bertz CT molecular complexity index is 1060.